The molecule has 0 radical (unpaired) electrons. The SMILES string of the molecule is CC(C)C(=O)Nc1ccc(C(=O)C(C)Sc2ccccn2)cc1. The maximum Gasteiger partial charge on any atom is 0.226 e. The zero-order valence-electron chi connectivity index (χ0n) is 13.4. The van der Waals surface area contributed by atoms with Gasteiger partial charge in [0.2, 0.25) is 5.91 Å². The predicted octanol–water partition coefficient (Wildman–Crippen LogP) is 4.04. The van der Waals surface area contributed by atoms with Crippen molar-refractivity contribution in [1.82, 2.24) is 4.98 Å². The van der Waals surface area contributed by atoms with Gasteiger partial charge in [0.15, 0.2) is 5.78 Å². The average molecular weight is 328 g/mol. The normalized spacial score (nSPS) is 12.0. The van der Waals surface area contributed by atoms with Crippen molar-refractivity contribution in [2.24, 2.45) is 5.92 Å². The largest absolute Gasteiger partial charge is 0.326 e. The molecule has 1 atom stereocenters. The molecule has 0 aliphatic carbocycles. The minimum Gasteiger partial charge on any atom is -0.326 e. The van der Waals surface area contributed by atoms with Gasteiger partial charge in [-0.15, -0.1) is 0 Å². The minimum absolute atomic E-state index is 0.0387. The highest BCUT2D eigenvalue weighted by Crippen LogP contribution is 2.24. The number of hydrogen-bond acceptors (Lipinski definition) is 4. The van der Waals surface area contributed by atoms with Crippen molar-refractivity contribution >= 4 is 29.1 Å². The van der Waals surface area contributed by atoms with Gasteiger partial charge in [-0.25, -0.2) is 4.98 Å². The number of aromatic nitrogens is 1. The van der Waals surface area contributed by atoms with Crippen molar-refractivity contribution in [2.75, 3.05) is 5.32 Å². The Bertz CT molecular complexity index is 669. The summed E-state index contributed by atoms with van der Waals surface area (Å²) in [6, 6.07) is 12.6. The van der Waals surface area contributed by atoms with Crippen LogP contribution >= 0.6 is 11.8 Å². The maximum absolute atomic E-state index is 12.5. The van der Waals surface area contributed by atoms with Crippen LogP contribution in [0.15, 0.2) is 53.7 Å². The van der Waals surface area contributed by atoms with Gasteiger partial charge in [0.25, 0.3) is 0 Å². The number of benzene rings is 1. The van der Waals surface area contributed by atoms with Gasteiger partial charge in [-0.3, -0.25) is 9.59 Å². The van der Waals surface area contributed by atoms with Crippen LogP contribution in [0.4, 0.5) is 5.69 Å². The third-order valence-electron chi connectivity index (χ3n) is 3.27. The summed E-state index contributed by atoms with van der Waals surface area (Å²) in [6.07, 6.45) is 1.71. The minimum atomic E-state index is -0.221. The molecule has 1 N–H and O–H groups in total. The molecule has 0 aliphatic rings. The molecule has 0 fully saturated rings. The number of nitrogens with zero attached hydrogens (tertiary/aromatic N) is 1. The molecule has 0 saturated heterocycles. The second kappa shape index (κ2) is 7.92. The fraction of sp³-hybridized carbons (Fsp3) is 0.278. The van der Waals surface area contributed by atoms with Crippen LogP contribution < -0.4 is 5.32 Å². The van der Waals surface area contributed by atoms with Gasteiger partial charge >= 0.3 is 0 Å². The van der Waals surface area contributed by atoms with Crippen molar-refractivity contribution in [3.8, 4) is 0 Å². The Morgan fingerprint density at radius 3 is 2.30 bits per heavy atom. The lowest BCUT2D eigenvalue weighted by atomic mass is 10.1. The smallest absolute Gasteiger partial charge is 0.226 e. The maximum atomic E-state index is 12.5. The fourth-order valence-corrected chi connectivity index (χ4v) is 2.77. The number of rotatable bonds is 6. The summed E-state index contributed by atoms with van der Waals surface area (Å²) in [7, 11) is 0. The molecule has 0 bridgehead atoms. The van der Waals surface area contributed by atoms with E-state index < -0.39 is 0 Å². The van der Waals surface area contributed by atoms with Crippen LogP contribution in [0, 0.1) is 5.92 Å². The number of carbonyl (C=O) groups excluding carboxylic acids is 2. The quantitative estimate of drug-likeness (QED) is 0.642. The Morgan fingerprint density at radius 1 is 1.04 bits per heavy atom. The number of pyridine rings is 1. The first-order chi connectivity index (χ1) is 11.0. The summed E-state index contributed by atoms with van der Waals surface area (Å²) >= 11 is 1.43. The molecule has 23 heavy (non-hydrogen) atoms. The molecule has 1 heterocycles. The second-order valence-electron chi connectivity index (χ2n) is 5.51. The van der Waals surface area contributed by atoms with Gasteiger partial charge in [-0.1, -0.05) is 31.7 Å². The van der Waals surface area contributed by atoms with Crippen LogP contribution in [0.3, 0.4) is 0 Å². The van der Waals surface area contributed by atoms with E-state index in [-0.39, 0.29) is 22.9 Å². The third kappa shape index (κ3) is 4.93. The molecule has 1 aromatic heterocycles. The van der Waals surface area contributed by atoms with Gasteiger partial charge in [0, 0.05) is 23.4 Å². The summed E-state index contributed by atoms with van der Waals surface area (Å²) in [5.41, 5.74) is 1.33. The number of thioether (sulfide) groups is 1. The Hall–Kier alpha value is -2.14. The molecule has 1 amide bonds. The molecule has 0 spiro atoms. The highest BCUT2D eigenvalue weighted by Gasteiger charge is 2.17. The zero-order valence-corrected chi connectivity index (χ0v) is 14.3. The predicted molar refractivity (Wildman–Crippen MR) is 93.8 cm³/mol. The molecule has 0 saturated carbocycles. The number of anilines is 1. The first-order valence-electron chi connectivity index (χ1n) is 7.50. The van der Waals surface area contributed by atoms with E-state index in [9.17, 15) is 9.59 Å². The molecule has 2 aromatic rings. The highest BCUT2D eigenvalue weighted by atomic mass is 32.2. The van der Waals surface area contributed by atoms with E-state index in [1.54, 1.807) is 30.5 Å². The van der Waals surface area contributed by atoms with Crippen molar-refractivity contribution < 1.29 is 9.59 Å². The number of Topliss-reactive ketones (excluding diaryl/α,β-unsaturated/α-hetero) is 1. The standard InChI is InChI=1S/C18H20N2O2S/c1-12(2)18(22)20-15-9-7-14(8-10-15)17(21)13(3)23-16-6-4-5-11-19-16/h4-13H,1-3H3,(H,20,22). The number of ketones is 1. The third-order valence-corrected chi connectivity index (χ3v) is 4.32. The van der Waals surface area contributed by atoms with Crippen LogP contribution in [0.5, 0.6) is 0 Å². The van der Waals surface area contributed by atoms with Gasteiger partial charge < -0.3 is 5.32 Å². The number of hydrogen-bond donors (Lipinski definition) is 1. The molecule has 4 nitrogen and oxygen atoms in total. The van der Waals surface area contributed by atoms with Crippen LogP contribution in [0.2, 0.25) is 0 Å². The van der Waals surface area contributed by atoms with E-state index in [0.717, 1.165) is 5.03 Å². The number of amides is 1. The first-order valence-corrected chi connectivity index (χ1v) is 8.38. The van der Waals surface area contributed by atoms with Gasteiger partial charge in [0.05, 0.1) is 10.3 Å². The van der Waals surface area contributed by atoms with Crippen LogP contribution in [0.25, 0.3) is 0 Å². The van der Waals surface area contributed by atoms with Gasteiger partial charge in [-0.05, 0) is 43.3 Å². The van der Waals surface area contributed by atoms with Crippen LogP contribution in [0.1, 0.15) is 31.1 Å². The number of carbonyl (C=O) groups is 2. The van der Waals surface area contributed by atoms with Crippen molar-refractivity contribution in [2.45, 2.75) is 31.0 Å². The van der Waals surface area contributed by atoms with Gasteiger partial charge in [-0.2, -0.15) is 0 Å². The van der Waals surface area contributed by atoms with Crippen molar-refractivity contribution in [3.05, 3.63) is 54.2 Å². The zero-order chi connectivity index (χ0) is 16.8. The molecule has 5 heteroatoms. The summed E-state index contributed by atoms with van der Waals surface area (Å²) in [6.45, 7) is 5.55. The molecule has 0 aliphatic heterocycles. The monoisotopic (exact) mass is 328 g/mol. The Balaban J connectivity index is 2.01. The first kappa shape index (κ1) is 17.2. The van der Waals surface area contributed by atoms with E-state index in [2.05, 4.69) is 10.3 Å². The topological polar surface area (TPSA) is 59.1 Å². The van der Waals surface area contributed by atoms with Crippen LogP contribution in [-0.2, 0) is 4.79 Å². The van der Waals surface area contributed by atoms with E-state index >= 15 is 0 Å². The molecule has 1 unspecified atom stereocenters. The highest BCUT2D eigenvalue weighted by molar-refractivity contribution is 8.00. The Morgan fingerprint density at radius 2 is 1.74 bits per heavy atom. The average Bonchev–Trinajstić information content (AvgIpc) is 2.55. The molecule has 1 aromatic carbocycles. The lowest BCUT2D eigenvalue weighted by Gasteiger charge is -2.11. The lowest BCUT2D eigenvalue weighted by Crippen LogP contribution is -2.18. The fourth-order valence-electron chi connectivity index (χ4n) is 1.89. The summed E-state index contributed by atoms with van der Waals surface area (Å²) in [5, 5.41) is 3.42. The Kier molecular flexibility index (Phi) is 5.93. The van der Waals surface area contributed by atoms with E-state index in [0.29, 0.717) is 11.3 Å². The summed E-state index contributed by atoms with van der Waals surface area (Å²) in [4.78, 5) is 28.3. The molecular formula is C18H20N2O2S. The second-order valence-corrected chi connectivity index (χ2v) is 6.87. The van der Waals surface area contributed by atoms with Crippen molar-refractivity contribution in [1.29, 1.82) is 0 Å². The van der Waals surface area contributed by atoms with E-state index in [1.807, 2.05) is 39.0 Å². The Labute approximate surface area is 140 Å². The summed E-state index contributed by atoms with van der Waals surface area (Å²) < 4.78 is 0. The molecule has 120 valence electrons. The van der Waals surface area contributed by atoms with E-state index in [1.165, 1.54) is 11.8 Å². The lowest BCUT2D eigenvalue weighted by molar-refractivity contribution is -0.118. The molecule has 2 rings (SSSR count). The van der Waals surface area contributed by atoms with Gasteiger partial charge in [0.1, 0.15) is 0 Å². The van der Waals surface area contributed by atoms with Crippen LogP contribution in [-0.4, -0.2) is 21.9 Å². The van der Waals surface area contributed by atoms with Crippen molar-refractivity contribution in [3.63, 3.8) is 0 Å². The molecular weight excluding hydrogens is 308 g/mol. The number of nitrogens with one attached hydrogen (secondary N) is 1. The summed E-state index contributed by atoms with van der Waals surface area (Å²) in [5.74, 6) is -0.0726. The van der Waals surface area contributed by atoms with E-state index in [4.69, 9.17) is 0 Å².